The number of fused-ring (bicyclic) bond motifs is 1. The molecule has 2 aromatic rings. The summed E-state index contributed by atoms with van der Waals surface area (Å²) in [5.74, 6) is 0.117. The fourth-order valence-electron chi connectivity index (χ4n) is 2.83. The molecule has 1 aliphatic heterocycles. The Morgan fingerprint density at radius 1 is 1.17 bits per heavy atom. The number of Topliss-reactive ketones (excluding diaryl/α,β-unsaturated/α-hetero) is 1. The number of carbonyl (C=O) groups excluding carboxylic acids is 1. The minimum absolute atomic E-state index is 0.117. The number of aromatic nitrogens is 1. The number of carbonyl (C=O) groups is 1. The summed E-state index contributed by atoms with van der Waals surface area (Å²) in [5, 5.41) is 1.17. The molecule has 0 saturated carbocycles. The molecule has 3 rings (SSSR count). The van der Waals surface area contributed by atoms with Crippen molar-refractivity contribution in [2.24, 2.45) is 0 Å². The molecule has 2 heterocycles. The number of hydrogen-bond donors (Lipinski definition) is 1. The Morgan fingerprint density at radius 2 is 1.89 bits per heavy atom. The van der Waals surface area contributed by atoms with Crippen molar-refractivity contribution in [1.29, 1.82) is 0 Å². The molecule has 1 aliphatic rings. The van der Waals surface area contributed by atoms with E-state index in [2.05, 4.69) is 16.0 Å². The van der Waals surface area contributed by atoms with Crippen molar-refractivity contribution in [3.05, 3.63) is 30.0 Å². The van der Waals surface area contributed by atoms with Crippen LogP contribution < -0.4 is 4.90 Å². The Labute approximate surface area is 107 Å². The molecule has 0 amide bonds. The van der Waals surface area contributed by atoms with E-state index in [1.54, 1.807) is 6.92 Å². The number of ketones is 1. The lowest BCUT2D eigenvalue weighted by molar-refractivity contribution is 0.101. The number of piperidine rings is 1. The van der Waals surface area contributed by atoms with E-state index in [-0.39, 0.29) is 5.78 Å². The Bertz CT molecular complexity index is 579. The number of para-hydroxylation sites is 1. The maximum absolute atomic E-state index is 11.8. The summed E-state index contributed by atoms with van der Waals surface area (Å²) in [7, 11) is 0. The first kappa shape index (κ1) is 11.3. The van der Waals surface area contributed by atoms with E-state index in [0.717, 1.165) is 30.0 Å². The molecule has 1 aromatic carbocycles. The third-order valence-electron chi connectivity index (χ3n) is 3.70. The maximum Gasteiger partial charge on any atom is 0.178 e. The second kappa shape index (κ2) is 4.48. The lowest BCUT2D eigenvalue weighted by Gasteiger charge is -2.29. The van der Waals surface area contributed by atoms with Crippen molar-refractivity contribution in [3.63, 3.8) is 0 Å². The predicted octanol–water partition coefficient (Wildman–Crippen LogP) is 3.36. The first-order valence-corrected chi connectivity index (χ1v) is 6.64. The smallest absolute Gasteiger partial charge is 0.178 e. The number of nitrogens with one attached hydrogen (secondary N) is 1. The van der Waals surface area contributed by atoms with Gasteiger partial charge in [-0.1, -0.05) is 18.2 Å². The fourth-order valence-corrected chi connectivity index (χ4v) is 2.83. The second-order valence-corrected chi connectivity index (χ2v) is 5.00. The van der Waals surface area contributed by atoms with Gasteiger partial charge in [0, 0.05) is 30.9 Å². The molecular weight excluding hydrogens is 224 g/mol. The van der Waals surface area contributed by atoms with E-state index in [4.69, 9.17) is 0 Å². The van der Waals surface area contributed by atoms with E-state index < -0.39 is 0 Å². The van der Waals surface area contributed by atoms with Gasteiger partial charge in [0.05, 0.1) is 5.69 Å². The van der Waals surface area contributed by atoms with Gasteiger partial charge in [-0.2, -0.15) is 0 Å². The summed E-state index contributed by atoms with van der Waals surface area (Å²) in [4.78, 5) is 17.5. The standard InChI is InChI=1S/C15H18N2O/c1-11(18)14-15(17-9-5-2-6-10-17)12-7-3-4-8-13(12)16-14/h3-4,7-8,16H,2,5-6,9-10H2,1H3. The number of H-pyrrole nitrogens is 1. The highest BCUT2D eigenvalue weighted by Gasteiger charge is 2.21. The van der Waals surface area contributed by atoms with Crippen LogP contribution in [0.15, 0.2) is 24.3 Å². The number of anilines is 1. The molecule has 0 bridgehead atoms. The van der Waals surface area contributed by atoms with Gasteiger partial charge in [-0.3, -0.25) is 4.79 Å². The Hall–Kier alpha value is -1.77. The van der Waals surface area contributed by atoms with Crippen molar-refractivity contribution < 1.29 is 4.79 Å². The number of hydrogen-bond acceptors (Lipinski definition) is 2. The normalized spacial score (nSPS) is 16.2. The lowest BCUT2D eigenvalue weighted by Crippen LogP contribution is -2.30. The molecule has 0 unspecified atom stereocenters. The second-order valence-electron chi connectivity index (χ2n) is 5.00. The molecule has 18 heavy (non-hydrogen) atoms. The molecule has 1 aromatic heterocycles. The van der Waals surface area contributed by atoms with Gasteiger partial charge < -0.3 is 9.88 Å². The molecule has 3 nitrogen and oxygen atoms in total. The molecule has 94 valence electrons. The molecule has 1 fully saturated rings. The average molecular weight is 242 g/mol. The zero-order valence-corrected chi connectivity index (χ0v) is 10.7. The molecule has 0 aliphatic carbocycles. The average Bonchev–Trinajstić information content (AvgIpc) is 2.79. The molecule has 3 heteroatoms. The van der Waals surface area contributed by atoms with E-state index in [0.29, 0.717) is 0 Å². The van der Waals surface area contributed by atoms with Crippen LogP contribution in [0.4, 0.5) is 5.69 Å². The fraction of sp³-hybridized carbons (Fsp3) is 0.400. The minimum Gasteiger partial charge on any atom is -0.369 e. The van der Waals surface area contributed by atoms with Gasteiger partial charge in [-0.05, 0) is 25.3 Å². The SMILES string of the molecule is CC(=O)c1[nH]c2ccccc2c1N1CCCCC1. The zero-order chi connectivity index (χ0) is 12.5. The third-order valence-corrected chi connectivity index (χ3v) is 3.70. The van der Waals surface area contributed by atoms with Crippen molar-refractivity contribution >= 4 is 22.4 Å². The molecule has 0 spiro atoms. The Balaban J connectivity index is 2.17. The topological polar surface area (TPSA) is 36.1 Å². The van der Waals surface area contributed by atoms with Gasteiger partial charge in [0.25, 0.3) is 0 Å². The Kier molecular flexibility index (Phi) is 2.82. The summed E-state index contributed by atoms with van der Waals surface area (Å²) in [6.07, 6.45) is 3.74. The van der Waals surface area contributed by atoms with Crippen LogP contribution in [0.25, 0.3) is 10.9 Å². The van der Waals surface area contributed by atoms with E-state index >= 15 is 0 Å². The summed E-state index contributed by atoms with van der Waals surface area (Å²) < 4.78 is 0. The molecule has 1 saturated heterocycles. The first-order valence-electron chi connectivity index (χ1n) is 6.64. The monoisotopic (exact) mass is 242 g/mol. The first-order chi connectivity index (χ1) is 8.77. The highest BCUT2D eigenvalue weighted by Crippen LogP contribution is 2.33. The number of nitrogens with zero attached hydrogens (tertiary/aromatic N) is 1. The molecule has 0 radical (unpaired) electrons. The van der Waals surface area contributed by atoms with Crippen molar-refractivity contribution in [2.45, 2.75) is 26.2 Å². The van der Waals surface area contributed by atoms with Crippen molar-refractivity contribution in [3.8, 4) is 0 Å². The van der Waals surface area contributed by atoms with Gasteiger partial charge in [0.1, 0.15) is 5.69 Å². The quantitative estimate of drug-likeness (QED) is 0.820. The molecular formula is C15H18N2O. The van der Waals surface area contributed by atoms with Crippen LogP contribution in [-0.2, 0) is 0 Å². The van der Waals surface area contributed by atoms with Crippen LogP contribution in [0, 0.1) is 0 Å². The van der Waals surface area contributed by atoms with Crippen LogP contribution >= 0.6 is 0 Å². The van der Waals surface area contributed by atoms with Crippen molar-refractivity contribution in [1.82, 2.24) is 4.98 Å². The van der Waals surface area contributed by atoms with Crippen LogP contribution in [0.3, 0.4) is 0 Å². The van der Waals surface area contributed by atoms with E-state index in [1.807, 2.05) is 18.2 Å². The van der Waals surface area contributed by atoms with Gasteiger partial charge in [-0.25, -0.2) is 0 Å². The largest absolute Gasteiger partial charge is 0.369 e. The highest BCUT2D eigenvalue weighted by atomic mass is 16.1. The summed E-state index contributed by atoms with van der Waals surface area (Å²) in [6.45, 7) is 3.75. The molecule has 1 N–H and O–H groups in total. The summed E-state index contributed by atoms with van der Waals surface area (Å²) >= 11 is 0. The van der Waals surface area contributed by atoms with Gasteiger partial charge >= 0.3 is 0 Å². The van der Waals surface area contributed by atoms with Crippen molar-refractivity contribution in [2.75, 3.05) is 18.0 Å². The van der Waals surface area contributed by atoms with Gasteiger partial charge in [-0.15, -0.1) is 0 Å². The number of aromatic amines is 1. The number of benzene rings is 1. The highest BCUT2D eigenvalue weighted by molar-refractivity contribution is 6.08. The lowest BCUT2D eigenvalue weighted by atomic mass is 10.1. The van der Waals surface area contributed by atoms with Crippen LogP contribution in [0.2, 0.25) is 0 Å². The Morgan fingerprint density at radius 3 is 2.61 bits per heavy atom. The van der Waals surface area contributed by atoms with Gasteiger partial charge in [0.2, 0.25) is 0 Å². The zero-order valence-electron chi connectivity index (χ0n) is 10.7. The third kappa shape index (κ3) is 1.80. The summed E-state index contributed by atoms with van der Waals surface area (Å²) in [6, 6.07) is 8.17. The maximum atomic E-state index is 11.8. The van der Waals surface area contributed by atoms with E-state index in [9.17, 15) is 4.79 Å². The van der Waals surface area contributed by atoms with Crippen LogP contribution in [-0.4, -0.2) is 23.9 Å². The minimum atomic E-state index is 0.117. The van der Waals surface area contributed by atoms with Gasteiger partial charge in [0.15, 0.2) is 5.78 Å². The predicted molar refractivity (Wildman–Crippen MR) is 74.4 cm³/mol. The van der Waals surface area contributed by atoms with E-state index in [1.165, 1.54) is 24.6 Å². The number of rotatable bonds is 2. The molecule has 0 atom stereocenters. The summed E-state index contributed by atoms with van der Waals surface area (Å²) in [5.41, 5.74) is 2.93. The van der Waals surface area contributed by atoms with Crippen LogP contribution in [0.5, 0.6) is 0 Å². The van der Waals surface area contributed by atoms with Crippen LogP contribution in [0.1, 0.15) is 36.7 Å².